The number of ether oxygens (including phenoxy) is 3. The Morgan fingerprint density at radius 2 is 1.56 bits per heavy atom. The third-order valence-corrected chi connectivity index (χ3v) is 4.19. The molecule has 32 heavy (non-hydrogen) atoms. The van der Waals surface area contributed by atoms with Gasteiger partial charge in [-0.05, 0) is 71.2 Å². The minimum atomic E-state index is -1.09. The van der Waals surface area contributed by atoms with Crippen molar-refractivity contribution in [2.75, 3.05) is 12.0 Å². The van der Waals surface area contributed by atoms with Crippen LogP contribution in [0.25, 0.3) is 0 Å². The largest absolute Gasteiger partial charge is 0.495 e. The molecule has 2 aromatic rings. The van der Waals surface area contributed by atoms with Gasteiger partial charge < -0.3 is 14.2 Å². The van der Waals surface area contributed by atoms with Crippen molar-refractivity contribution >= 4 is 18.0 Å². The molecule has 0 saturated heterocycles. The van der Waals surface area contributed by atoms with E-state index in [1.54, 1.807) is 53.9 Å². The molecule has 0 saturated carbocycles. The van der Waals surface area contributed by atoms with E-state index in [-0.39, 0.29) is 12.0 Å². The van der Waals surface area contributed by atoms with Crippen LogP contribution in [-0.4, -0.2) is 40.5 Å². The molecule has 0 spiro atoms. The number of hydrogen-bond donors (Lipinski definition) is 0. The number of carbonyl (C=O) groups is 2. The molecule has 0 atom stereocenters. The number of rotatable bonds is 4. The monoisotopic (exact) mass is 447 g/mol. The molecule has 2 heterocycles. The zero-order chi connectivity index (χ0) is 24.3. The second-order valence-corrected chi connectivity index (χ2v) is 9.21. The lowest BCUT2D eigenvalue weighted by atomic mass is 10.0. The van der Waals surface area contributed by atoms with Crippen LogP contribution in [0.15, 0.2) is 24.7 Å². The van der Waals surface area contributed by atoms with E-state index in [2.05, 4.69) is 9.97 Å². The van der Waals surface area contributed by atoms with Crippen LogP contribution in [0.3, 0.4) is 0 Å². The van der Waals surface area contributed by atoms with E-state index >= 15 is 4.39 Å². The molecule has 0 unspecified atom stereocenters. The summed E-state index contributed by atoms with van der Waals surface area (Å²) in [6.07, 6.45) is 2.47. The minimum absolute atomic E-state index is 0.147. The smallest absolute Gasteiger partial charge is 0.425 e. The van der Waals surface area contributed by atoms with Crippen molar-refractivity contribution in [3.8, 4) is 5.75 Å². The van der Waals surface area contributed by atoms with Gasteiger partial charge >= 0.3 is 12.2 Å². The molecule has 0 fully saturated rings. The van der Waals surface area contributed by atoms with Gasteiger partial charge in [0.15, 0.2) is 11.6 Å². The van der Waals surface area contributed by atoms with E-state index in [9.17, 15) is 9.59 Å². The fourth-order valence-corrected chi connectivity index (χ4v) is 2.76. The van der Waals surface area contributed by atoms with E-state index < -0.39 is 35.0 Å². The number of methoxy groups -OCH3 is 1. The normalized spacial score (nSPS) is 11.7. The lowest BCUT2D eigenvalue weighted by Gasteiger charge is -2.28. The first-order chi connectivity index (χ1) is 14.7. The van der Waals surface area contributed by atoms with E-state index in [1.807, 2.05) is 6.92 Å². The Labute approximate surface area is 187 Å². The average Bonchev–Trinajstić information content (AvgIpc) is 2.63. The quantitative estimate of drug-likeness (QED) is 0.636. The highest BCUT2D eigenvalue weighted by molar-refractivity contribution is 6.08. The number of pyridine rings is 2. The number of aromatic nitrogens is 2. The molecule has 8 nitrogen and oxygen atoms in total. The van der Waals surface area contributed by atoms with Gasteiger partial charge in [0.25, 0.3) is 0 Å². The predicted molar refractivity (Wildman–Crippen MR) is 117 cm³/mol. The summed E-state index contributed by atoms with van der Waals surface area (Å²) in [4.78, 5) is 34.2. The summed E-state index contributed by atoms with van der Waals surface area (Å²) in [5.41, 5.74) is -0.105. The van der Waals surface area contributed by atoms with Gasteiger partial charge in [-0.3, -0.25) is 4.98 Å². The van der Waals surface area contributed by atoms with E-state index in [0.29, 0.717) is 10.6 Å². The van der Waals surface area contributed by atoms with Crippen molar-refractivity contribution in [2.24, 2.45) is 0 Å². The van der Waals surface area contributed by atoms with Crippen molar-refractivity contribution in [1.29, 1.82) is 0 Å². The fourth-order valence-electron chi connectivity index (χ4n) is 2.76. The van der Waals surface area contributed by atoms with Gasteiger partial charge in [0, 0.05) is 18.8 Å². The Bertz CT molecular complexity index is 968. The second-order valence-electron chi connectivity index (χ2n) is 9.21. The van der Waals surface area contributed by atoms with Crippen molar-refractivity contribution in [3.05, 3.63) is 47.2 Å². The van der Waals surface area contributed by atoms with Crippen molar-refractivity contribution in [1.82, 2.24) is 9.97 Å². The van der Waals surface area contributed by atoms with Crippen LogP contribution in [0, 0.1) is 12.7 Å². The van der Waals surface area contributed by atoms with Crippen LogP contribution in [0.4, 0.5) is 19.8 Å². The van der Waals surface area contributed by atoms with Crippen molar-refractivity contribution in [2.45, 2.75) is 66.1 Å². The Kier molecular flexibility index (Phi) is 7.43. The highest BCUT2D eigenvalue weighted by Crippen LogP contribution is 2.27. The Hall–Kier alpha value is -3.23. The number of carbonyl (C=O) groups excluding carboxylic acids is 2. The molecule has 0 aliphatic rings. The Morgan fingerprint density at radius 1 is 1.00 bits per heavy atom. The Morgan fingerprint density at radius 3 is 2.06 bits per heavy atom. The van der Waals surface area contributed by atoms with Crippen LogP contribution < -0.4 is 9.64 Å². The fraction of sp³-hybridized carbons (Fsp3) is 0.478. The second kappa shape index (κ2) is 9.50. The molecule has 2 aromatic heterocycles. The highest BCUT2D eigenvalue weighted by atomic mass is 19.1. The van der Waals surface area contributed by atoms with Crippen LogP contribution in [-0.2, 0) is 15.9 Å². The molecular weight excluding hydrogens is 417 g/mol. The number of halogens is 1. The molecule has 174 valence electrons. The van der Waals surface area contributed by atoms with Gasteiger partial charge in [-0.1, -0.05) is 0 Å². The maximum atomic E-state index is 15.5. The summed E-state index contributed by atoms with van der Waals surface area (Å²) >= 11 is 0. The molecule has 0 aromatic carbocycles. The molecule has 0 aliphatic carbocycles. The SMILES string of the molecule is COc1cncc(Cc2ccnc(N(C(=O)OC(C)(C)C)C(=O)OC(C)(C)C)c2F)c1C. The molecular formula is C23H30FN3O5. The number of imide groups is 1. The number of hydrogen-bond acceptors (Lipinski definition) is 7. The van der Waals surface area contributed by atoms with Gasteiger partial charge in [-0.2, -0.15) is 4.90 Å². The van der Waals surface area contributed by atoms with Crippen LogP contribution >= 0.6 is 0 Å². The molecule has 0 aliphatic heterocycles. The molecule has 9 heteroatoms. The van der Waals surface area contributed by atoms with Gasteiger partial charge in [0.2, 0.25) is 0 Å². The first-order valence-electron chi connectivity index (χ1n) is 10.1. The van der Waals surface area contributed by atoms with Crippen LogP contribution in [0.2, 0.25) is 0 Å². The van der Waals surface area contributed by atoms with Crippen molar-refractivity contribution < 1.29 is 28.2 Å². The zero-order valence-corrected chi connectivity index (χ0v) is 19.8. The van der Waals surface area contributed by atoms with Crippen LogP contribution in [0.5, 0.6) is 5.75 Å². The first kappa shape index (κ1) is 25.0. The molecule has 0 radical (unpaired) electrons. The van der Waals surface area contributed by atoms with Gasteiger partial charge in [-0.25, -0.2) is 19.0 Å². The lowest BCUT2D eigenvalue weighted by molar-refractivity contribution is 0.0427. The topological polar surface area (TPSA) is 90.9 Å². The van der Waals surface area contributed by atoms with E-state index in [0.717, 1.165) is 11.1 Å². The van der Waals surface area contributed by atoms with E-state index in [1.165, 1.54) is 19.4 Å². The summed E-state index contributed by atoms with van der Waals surface area (Å²) in [7, 11) is 1.53. The summed E-state index contributed by atoms with van der Waals surface area (Å²) in [6.45, 7) is 11.7. The first-order valence-corrected chi connectivity index (χ1v) is 10.1. The molecule has 0 N–H and O–H groups in total. The lowest BCUT2D eigenvalue weighted by Crippen LogP contribution is -2.44. The third kappa shape index (κ3) is 6.38. The van der Waals surface area contributed by atoms with Crippen molar-refractivity contribution in [3.63, 3.8) is 0 Å². The standard InChI is InChI=1S/C23H30FN3O5/c1-14-16(12-25-13-17(14)30-8)11-15-9-10-26-19(18(15)24)27(20(28)31-22(2,3)4)21(29)32-23(5,6)7/h9-10,12-13H,11H2,1-8H3. The third-order valence-electron chi connectivity index (χ3n) is 4.19. The molecule has 2 rings (SSSR count). The van der Waals surface area contributed by atoms with Gasteiger partial charge in [-0.15, -0.1) is 0 Å². The number of anilines is 1. The average molecular weight is 448 g/mol. The Balaban J connectivity index is 2.51. The van der Waals surface area contributed by atoms with Gasteiger partial charge in [0.1, 0.15) is 17.0 Å². The zero-order valence-electron chi connectivity index (χ0n) is 19.8. The molecule has 2 amide bonds. The van der Waals surface area contributed by atoms with Crippen LogP contribution in [0.1, 0.15) is 58.2 Å². The maximum Gasteiger partial charge on any atom is 0.425 e. The highest BCUT2D eigenvalue weighted by Gasteiger charge is 2.36. The summed E-state index contributed by atoms with van der Waals surface area (Å²) < 4.78 is 31.4. The predicted octanol–water partition coefficient (Wildman–Crippen LogP) is 5.20. The summed E-state index contributed by atoms with van der Waals surface area (Å²) in [5, 5.41) is 0. The van der Waals surface area contributed by atoms with Gasteiger partial charge in [0.05, 0.1) is 13.3 Å². The molecule has 0 bridgehead atoms. The number of nitrogens with zero attached hydrogens (tertiary/aromatic N) is 3. The number of amides is 2. The summed E-state index contributed by atoms with van der Waals surface area (Å²) in [5.74, 6) is -0.771. The minimum Gasteiger partial charge on any atom is -0.495 e. The van der Waals surface area contributed by atoms with E-state index in [4.69, 9.17) is 14.2 Å². The summed E-state index contributed by atoms with van der Waals surface area (Å²) in [6, 6.07) is 1.47. The maximum absolute atomic E-state index is 15.5.